The number of amides is 2. The number of carboxylic acids is 1. The Morgan fingerprint density at radius 3 is 2.35 bits per heavy atom. The van der Waals surface area contributed by atoms with Gasteiger partial charge in [0, 0.05) is 6.04 Å². The summed E-state index contributed by atoms with van der Waals surface area (Å²) in [6, 6.07) is -0.855. The van der Waals surface area contributed by atoms with Crippen molar-refractivity contribution in [3.05, 3.63) is 0 Å². The third-order valence-electron chi connectivity index (χ3n) is 4.75. The van der Waals surface area contributed by atoms with Crippen LogP contribution < -0.4 is 10.6 Å². The van der Waals surface area contributed by atoms with Gasteiger partial charge in [-0.15, -0.1) is 0 Å². The Labute approximate surface area is 100.0 Å². The summed E-state index contributed by atoms with van der Waals surface area (Å²) in [7, 11) is 0. The van der Waals surface area contributed by atoms with Crippen LogP contribution in [0.3, 0.4) is 0 Å². The van der Waals surface area contributed by atoms with E-state index in [1.54, 1.807) is 0 Å². The van der Waals surface area contributed by atoms with Gasteiger partial charge in [-0.3, -0.25) is 4.79 Å². The van der Waals surface area contributed by atoms with Gasteiger partial charge in [-0.25, -0.2) is 4.79 Å². The second kappa shape index (κ2) is 3.62. The molecule has 0 aromatic rings. The molecule has 5 heteroatoms. The number of hydrogen-bond donors (Lipinski definition) is 3. The molecule has 3 saturated carbocycles. The van der Waals surface area contributed by atoms with Gasteiger partial charge in [-0.2, -0.15) is 0 Å². The van der Waals surface area contributed by atoms with Gasteiger partial charge < -0.3 is 15.7 Å². The molecule has 3 rings (SSSR count). The molecule has 17 heavy (non-hydrogen) atoms. The van der Waals surface area contributed by atoms with Crippen molar-refractivity contribution in [2.24, 2.45) is 23.7 Å². The number of fused-ring (bicyclic) bond motifs is 5. The smallest absolute Gasteiger partial charge is 0.325 e. The van der Waals surface area contributed by atoms with Gasteiger partial charge >= 0.3 is 12.0 Å². The molecule has 5 nitrogen and oxygen atoms in total. The van der Waals surface area contributed by atoms with Crippen molar-refractivity contribution in [1.82, 2.24) is 10.6 Å². The summed E-state index contributed by atoms with van der Waals surface area (Å²) in [6.45, 7) is 1.47. The van der Waals surface area contributed by atoms with Crippen LogP contribution in [0.5, 0.6) is 0 Å². The molecule has 4 unspecified atom stereocenters. The predicted molar refractivity (Wildman–Crippen MR) is 60.4 cm³/mol. The minimum atomic E-state index is -1.00. The third-order valence-corrected chi connectivity index (χ3v) is 4.75. The van der Waals surface area contributed by atoms with Crippen molar-refractivity contribution in [2.45, 2.75) is 38.3 Å². The van der Waals surface area contributed by atoms with Crippen molar-refractivity contribution < 1.29 is 14.7 Å². The lowest BCUT2D eigenvalue weighted by Crippen LogP contribution is -2.46. The first kappa shape index (κ1) is 10.9. The Morgan fingerprint density at radius 2 is 1.82 bits per heavy atom. The lowest BCUT2D eigenvalue weighted by atomic mass is 10.0. The van der Waals surface area contributed by atoms with Crippen LogP contribution in [0.25, 0.3) is 0 Å². The van der Waals surface area contributed by atoms with Gasteiger partial charge in [0.25, 0.3) is 0 Å². The molecular formula is C12H18N2O3. The Bertz CT molecular complexity index is 355. The van der Waals surface area contributed by atoms with Gasteiger partial charge in [0.1, 0.15) is 6.04 Å². The average molecular weight is 238 g/mol. The molecule has 3 aliphatic rings. The molecule has 3 fully saturated rings. The fourth-order valence-electron chi connectivity index (χ4n) is 3.97. The second-order valence-electron chi connectivity index (χ2n) is 5.69. The molecule has 5 atom stereocenters. The molecule has 0 heterocycles. The van der Waals surface area contributed by atoms with Gasteiger partial charge in [0.05, 0.1) is 0 Å². The van der Waals surface area contributed by atoms with Crippen LogP contribution >= 0.6 is 0 Å². The van der Waals surface area contributed by atoms with E-state index in [1.807, 2.05) is 0 Å². The van der Waals surface area contributed by atoms with Crippen molar-refractivity contribution in [2.75, 3.05) is 0 Å². The fourth-order valence-corrected chi connectivity index (χ4v) is 3.97. The highest BCUT2D eigenvalue weighted by Crippen LogP contribution is 2.65. The highest BCUT2D eigenvalue weighted by molar-refractivity contribution is 5.82. The Balaban J connectivity index is 1.50. The molecule has 3 aliphatic carbocycles. The van der Waals surface area contributed by atoms with E-state index in [1.165, 1.54) is 26.2 Å². The first-order chi connectivity index (χ1) is 8.08. The molecule has 0 spiro atoms. The zero-order chi connectivity index (χ0) is 12.2. The van der Waals surface area contributed by atoms with Crippen LogP contribution in [0.4, 0.5) is 4.79 Å². The molecule has 0 saturated heterocycles. The first-order valence-electron chi connectivity index (χ1n) is 6.37. The number of aliphatic carboxylic acids is 1. The minimum absolute atomic E-state index is 0.308. The van der Waals surface area contributed by atoms with E-state index in [0.717, 1.165) is 11.8 Å². The van der Waals surface area contributed by atoms with E-state index in [4.69, 9.17) is 5.11 Å². The van der Waals surface area contributed by atoms with Gasteiger partial charge in [0.2, 0.25) is 0 Å². The molecule has 0 radical (unpaired) electrons. The van der Waals surface area contributed by atoms with Crippen LogP contribution in [-0.4, -0.2) is 29.2 Å². The van der Waals surface area contributed by atoms with E-state index >= 15 is 0 Å². The second-order valence-corrected chi connectivity index (χ2v) is 5.69. The summed E-state index contributed by atoms with van der Waals surface area (Å²) in [6.07, 6.45) is 3.98. The highest BCUT2D eigenvalue weighted by Gasteiger charge is 2.65. The molecule has 94 valence electrons. The van der Waals surface area contributed by atoms with E-state index < -0.39 is 12.0 Å². The maximum atomic E-state index is 11.6. The molecule has 2 amide bonds. The molecule has 0 aromatic carbocycles. The van der Waals surface area contributed by atoms with E-state index in [9.17, 15) is 9.59 Å². The molecular weight excluding hydrogens is 220 g/mol. The zero-order valence-corrected chi connectivity index (χ0v) is 9.85. The number of carbonyl (C=O) groups excluding carboxylic acids is 1. The molecule has 0 aliphatic heterocycles. The molecule has 0 aromatic heterocycles. The van der Waals surface area contributed by atoms with Crippen LogP contribution in [0.2, 0.25) is 0 Å². The summed E-state index contributed by atoms with van der Waals surface area (Å²) < 4.78 is 0. The molecule has 2 bridgehead atoms. The summed E-state index contributed by atoms with van der Waals surface area (Å²) >= 11 is 0. The van der Waals surface area contributed by atoms with E-state index in [-0.39, 0.29) is 6.03 Å². The van der Waals surface area contributed by atoms with Crippen LogP contribution in [0.1, 0.15) is 26.2 Å². The average Bonchev–Trinajstić information content (AvgIpc) is 2.70. The maximum Gasteiger partial charge on any atom is 0.325 e. The summed E-state index contributed by atoms with van der Waals surface area (Å²) in [5.74, 6) is 1.98. The largest absolute Gasteiger partial charge is 0.480 e. The van der Waals surface area contributed by atoms with Crippen molar-refractivity contribution in [3.63, 3.8) is 0 Å². The number of nitrogens with one attached hydrogen (secondary N) is 2. The van der Waals surface area contributed by atoms with E-state index in [2.05, 4.69) is 10.6 Å². The lowest BCUT2D eigenvalue weighted by molar-refractivity contribution is -0.138. The topological polar surface area (TPSA) is 78.4 Å². The van der Waals surface area contributed by atoms with Crippen molar-refractivity contribution >= 4 is 12.0 Å². The maximum absolute atomic E-state index is 11.6. The fraction of sp³-hybridized carbons (Fsp3) is 0.833. The summed E-state index contributed by atoms with van der Waals surface area (Å²) in [5, 5.41) is 14.1. The number of urea groups is 1. The SMILES string of the molecule is C[C@@H](NC(=O)NC1C2C3CCC(C3)C12)C(=O)O. The number of rotatable bonds is 3. The van der Waals surface area contributed by atoms with Gasteiger partial charge in [-0.05, 0) is 49.9 Å². The zero-order valence-electron chi connectivity index (χ0n) is 9.85. The number of carbonyl (C=O) groups is 2. The Hall–Kier alpha value is -1.26. The number of carboxylic acid groups (broad SMARTS) is 1. The van der Waals surface area contributed by atoms with E-state index in [0.29, 0.717) is 17.9 Å². The third kappa shape index (κ3) is 1.68. The van der Waals surface area contributed by atoms with Crippen LogP contribution in [0, 0.1) is 23.7 Å². The van der Waals surface area contributed by atoms with Gasteiger partial charge in [-0.1, -0.05) is 0 Å². The van der Waals surface area contributed by atoms with Crippen LogP contribution in [-0.2, 0) is 4.79 Å². The predicted octanol–water partition coefficient (Wildman–Crippen LogP) is 0.803. The first-order valence-corrected chi connectivity index (χ1v) is 6.37. The Kier molecular flexibility index (Phi) is 2.31. The normalized spacial score (nSPS) is 42.8. The summed E-state index contributed by atoms with van der Waals surface area (Å²) in [4.78, 5) is 22.2. The monoisotopic (exact) mass is 238 g/mol. The minimum Gasteiger partial charge on any atom is -0.480 e. The lowest BCUT2D eigenvalue weighted by Gasteiger charge is -2.13. The Morgan fingerprint density at radius 1 is 1.24 bits per heavy atom. The quantitative estimate of drug-likeness (QED) is 0.680. The highest BCUT2D eigenvalue weighted by atomic mass is 16.4. The van der Waals surface area contributed by atoms with Crippen molar-refractivity contribution in [3.8, 4) is 0 Å². The van der Waals surface area contributed by atoms with Crippen molar-refractivity contribution in [1.29, 1.82) is 0 Å². The van der Waals surface area contributed by atoms with Crippen LogP contribution in [0.15, 0.2) is 0 Å². The van der Waals surface area contributed by atoms with Gasteiger partial charge in [0.15, 0.2) is 0 Å². The summed E-state index contributed by atoms with van der Waals surface area (Å²) in [5.41, 5.74) is 0. The standard InChI is InChI=1S/C12H18N2O3/c1-5(11(15)16)13-12(17)14-10-8-6-2-3-7(4-6)9(8)10/h5-10H,2-4H2,1H3,(H,15,16)(H2,13,14,17)/t5-,6?,7?,8?,9?,10?/m1/s1. The number of hydrogen-bond acceptors (Lipinski definition) is 2. The molecule has 3 N–H and O–H groups in total.